The highest BCUT2D eigenvalue weighted by molar-refractivity contribution is 5.99. The maximum Gasteiger partial charge on any atom is 0.308 e. The van der Waals surface area contributed by atoms with E-state index in [9.17, 15) is 14.4 Å². The molecule has 7 heteroatoms. The normalized spacial score (nSPS) is 17.5. The SMILES string of the molecule is C=C(C)COc1ccc(C(=O)N2CCNC(=O)C2CC(=O)OC(C)CC)cc1. The Labute approximate surface area is 165 Å². The van der Waals surface area contributed by atoms with Gasteiger partial charge in [0.1, 0.15) is 18.4 Å². The topological polar surface area (TPSA) is 84.9 Å². The van der Waals surface area contributed by atoms with Gasteiger partial charge in [0.15, 0.2) is 0 Å². The van der Waals surface area contributed by atoms with E-state index < -0.39 is 12.0 Å². The second-order valence-corrected chi connectivity index (χ2v) is 6.99. The molecule has 1 aliphatic heterocycles. The fourth-order valence-electron chi connectivity index (χ4n) is 2.74. The predicted octanol–water partition coefficient (Wildman–Crippen LogP) is 2.31. The number of hydrogen-bond donors (Lipinski definition) is 1. The van der Waals surface area contributed by atoms with Gasteiger partial charge in [-0.25, -0.2) is 0 Å². The number of ether oxygens (including phenoxy) is 2. The number of carbonyl (C=O) groups is 3. The summed E-state index contributed by atoms with van der Waals surface area (Å²) in [6.07, 6.45) is 0.294. The smallest absolute Gasteiger partial charge is 0.308 e. The van der Waals surface area contributed by atoms with E-state index in [1.54, 1.807) is 31.2 Å². The molecule has 0 bridgehead atoms. The van der Waals surface area contributed by atoms with Crippen LogP contribution in [0, 0.1) is 0 Å². The molecule has 28 heavy (non-hydrogen) atoms. The lowest BCUT2D eigenvalue weighted by molar-refractivity contribution is -0.151. The van der Waals surface area contributed by atoms with Crippen LogP contribution in [-0.2, 0) is 14.3 Å². The molecule has 2 unspecified atom stereocenters. The summed E-state index contributed by atoms with van der Waals surface area (Å²) in [6.45, 7) is 10.4. The number of piperazine rings is 1. The molecule has 0 spiro atoms. The molecule has 152 valence electrons. The van der Waals surface area contributed by atoms with Crippen molar-refractivity contribution >= 4 is 17.8 Å². The fraction of sp³-hybridized carbons (Fsp3) is 0.476. The molecular formula is C21H28N2O5. The lowest BCUT2D eigenvalue weighted by Gasteiger charge is -2.34. The van der Waals surface area contributed by atoms with Gasteiger partial charge in [-0.05, 0) is 50.1 Å². The van der Waals surface area contributed by atoms with Crippen LogP contribution < -0.4 is 10.1 Å². The van der Waals surface area contributed by atoms with Crippen molar-refractivity contribution < 1.29 is 23.9 Å². The van der Waals surface area contributed by atoms with Gasteiger partial charge in [0.25, 0.3) is 5.91 Å². The van der Waals surface area contributed by atoms with Crippen LogP contribution in [0.1, 0.15) is 44.0 Å². The van der Waals surface area contributed by atoms with Crippen LogP contribution in [0.4, 0.5) is 0 Å². The van der Waals surface area contributed by atoms with E-state index in [2.05, 4.69) is 11.9 Å². The molecule has 2 rings (SSSR count). The number of hydrogen-bond acceptors (Lipinski definition) is 5. The van der Waals surface area contributed by atoms with Crippen molar-refractivity contribution in [2.75, 3.05) is 19.7 Å². The molecule has 1 N–H and O–H groups in total. The Morgan fingerprint density at radius 2 is 2.00 bits per heavy atom. The van der Waals surface area contributed by atoms with Gasteiger partial charge in [0, 0.05) is 18.7 Å². The minimum Gasteiger partial charge on any atom is -0.489 e. The number of benzene rings is 1. The van der Waals surface area contributed by atoms with Crippen LogP contribution in [-0.4, -0.2) is 54.5 Å². The van der Waals surface area contributed by atoms with Gasteiger partial charge < -0.3 is 19.7 Å². The highest BCUT2D eigenvalue weighted by Crippen LogP contribution is 2.18. The quantitative estimate of drug-likeness (QED) is 0.546. The van der Waals surface area contributed by atoms with Crippen LogP contribution in [0.25, 0.3) is 0 Å². The summed E-state index contributed by atoms with van der Waals surface area (Å²) in [5.74, 6) is -0.507. The summed E-state index contributed by atoms with van der Waals surface area (Å²) in [7, 11) is 0. The number of rotatable bonds is 8. The number of carbonyl (C=O) groups excluding carboxylic acids is 3. The van der Waals surface area contributed by atoms with Gasteiger partial charge in [0.05, 0.1) is 12.5 Å². The van der Waals surface area contributed by atoms with Crippen LogP contribution in [0.3, 0.4) is 0 Å². The number of nitrogens with zero attached hydrogens (tertiary/aromatic N) is 1. The largest absolute Gasteiger partial charge is 0.489 e. The zero-order valence-corrected chi connectivity index (χ0v) is 16.7. The van der Waals surface area contributed by atoms with Gasteiger partial charge in [0.2, 0.25) is 5.91 Å². The van der Waals surface area contributed by atoms with E-state index in [1.165, 1.54) is 4.90 Å². The molecule has 1 aromatic rings. The van der Waals surface area contributed by atoms with E-state index >= 15 is 0 Å². The molecular weight excluding hydrogens is 360 g/mol. The van der Waals surface area contributed by atoms with Crippen LogP contribution in [0.2, 0.25) is 0 Å². The second-order valence-electron chi connectivity index (χ2n) is 6.99. The van der Waals surface area contributed by atoms with Crippen LogP contribution in [0.5, 0.6) is 5.75 Å². The molecule has 0 radical (unpaired) electrons. The fourth-order valence-corrected chi connectivity index (χ4v) is 2.74. The van der Waals surface area contributed by atoms with Gasteiger partial charge in [-0.1, -0.05) is 13.5 Å². The molecule has 2 atom stereocenters. The van der Waals surface area contributed by atoms with Gasteiger partial charge in [-0.15, -0.1) is 0 Å². The van der Waals surface area contributed by atoms with E-state index in [0.29, 0.717) is 37.4 Å². The number of nitrogens with one attached hydrogen (secondary N) is 1. The Kier molecular flexibility index (Phi) is 7.61. The second kappa shape index (κ2) is 9.92. The molecule has 1 aromatic carbocycles. The minimum atomic E-state index is -0.878. The van der Waals surface area contributed by atoms with Crippen molar-refractivity contribution in [3.05, 3.63) is 42.0 Å². The average Bonchev–Trinajstić information content (AvgIpc) is 2.67. The molecule has 2 amide bonds. The zero-order chi connectivity index (χ0) is 20.7. The predicted molar refractivity (Wildman–Crippen MR) is 105 cm³/mol. The van der Waals surface area contributed by atoms with Crippen molar-refractivity contribution in [3.8, 4) is 5.75 Å². The van der Waals surface area contributed by atoms with Gasteiger partial charge in [-0.3, -0.25) is 14.4 Å². The number of esters is 1. The first-order valence-electron chi connectivity index (χ1n) is 9.47. The highest BCUT2D eigenvalue weighted by Gasteiger charge is 2.35. The standard InChI is InChI=1S/C21H28N2O5/c1-5-15(4)28-19(24)12-18-20(25)22-10-11-23(18)21(26)16-6-8-17(9-7-16)27-13-14(2)3/h6-9,15,18H,2,5,10-13H2,1,3-4H3,(H,22,25). The van der Waals surface area contributed by atoms with Crippen molar-refractivity contribution in [2.45, 2.75) is 45.8 Å². The summed E-state index contributed by atoms with van der Waals surface area (Å²) in [4.78, 5) is 38.8. The third-order valence-corrected chi connectivity index (χ3v) is 4.45. The number of amides is 2. The Hall–Kier alpha value is -2.83. The third-order valence-electron chi connectivity index (χ3n) is 4.45. The maximum absolute atomic E-state index is 12.9. The molecule has 0 saturated carbocycles. The summed E-state index contributed by atoms with van der Waals surface area (Å²) >= 11 is 0. The van der Waals surface area contributed by atoms with E-state index in [4.69, 9.17) is 9.47 Å². The maximum atomic E-state index is 12.9. The van der Waals surface area contributed by atoms with Crippen molar-refractivity contribution in [1.82, 2.24) is 10.2 Å². The molecule has 1 aliphatic rings. The van der Waals surface area contributed by atoms with E-state index in [1.807, 2.05) is 13.8 Å². The lowest BCUT2D eigenvalue weighted by Crippen LogP contribution is -2.57. The van der Waals surface area contributed by atoms with Crippen LogP contribution >= 0.6 is 0 Å². The summed E-state index contributed by atoms with van der Waals surface area (Å²) in [5.41, 5.74) is 1.32. The molecule has 7 nitrogen and oxygen atoms in total. The minimum absolute atomic E-state index is 0.165. The van der Waals surface area contributed by atoms with E-state index in [-0.39, 0.29) is 24.3 Å². The Morgan fingerprint density at radius 3 is 2.61 bits per heavy atom. The van der Waals surface area contributed by atoms with E-state index in [0.717, 1.165) is 5.57 Å². The Bertz CT molecular complexity index is 729. The first kappa shape index (κ1) is 21.5. The first-order chi connectivity index (χ1) is 13.3. The average molecular weight is 388 g/mol. The Balaban J connectivity index is 2.09. The van der Waals surface area contributed by atoms with Crippen molar-refractivity contribution in [3.63, 3.8) is 0 Å². The summed E-state index contributed by atoms with van der Waals surface area (Å²) < 4.78 is 10.8. The monoisotopic (exact) mass is 388 g/mol. The molecule has 0 aromatic heterocycles. The molecule has 1 heterocycles. The van der Waals surface area contributed by atoms with Crippen LogP contribution in [0.15, 0.2) is 36.4 Å². The highest BCUT2D eigenvalue weighted by atomic mass is 16.5. The molecule has 1 saturated heterocycles. The van der Waals surface area contributed by atoms with Gasteiger partial charge >= 0.3 is 5.97 Å². The summed E-state index contributed by atoms with van der Waals surface area (Å²) in [6, 6.07) is 5.82. The Morgan fingerprint density at radius 1 is 1.32 bits per heavy atom. The lowest BCUT2D eigenvalue weighted by atomic mass is 10.1. The van der Waals surface area contributed by atoms with Crippen molar-refractivity contribution in [1.29, 1.82) is 0 Å². The van der Waals surface area contributed by atoms with Crippen molar-refractivity contribution in [2.24, 2.45) is 0 Å². The zero-order valence-electron chi connectivity index (χ0n) is 16.7. The molecule has 1 fully saturated rings. The van der Waals surface area contributed by atoms with Gasteiger partial charge in [-0.2, -0.15) is 0 Å². The first-order valence-corrected chi connectivity index (χ1v) is 9.47. The summed E-state index contributed by atoms with van der Waals surface area (Å²) in [5, 5.41) is 2.71. The molecule has 0 aliphatic carbocycles. The third kappa shape index (κ3) is 5.84.